The third-order valence-corrected chi connectivity index (χ3v) is 4.64. The van der Waals surface area contributed by atoms with Gasteiger partial charge in [0, 0.05) is 17.1 Å². The highest BCUT2D eigenvalue weighted by molar-refractivity contribution is 6.32. The number of ether oxygens (including phenoxy) is 1. The number of carbonyl (C=O) groups is 1. The lowest BCUT2D eigenvalue weighted by molar-refractivity contribution is 0.0945. The van der Waals surface area contributed by atoms with Crippen LogP contribution in [0.25, 0.3) is 0 Å². The van der Waals surface area contributed by atoms with Crippen LogP contribution in [0.15, 0.2) is 36.5 Å². The maximum atomic E-state index is 15.0. The Balaban J connectivity index is 1.75. The number of hydrogen-bond donors (Lipinski definition) is 2. The Morgan fingerprint density at radius 1 is 1.32 bits per heavy atom. The van der Waals surface area contributed by atoms with Crippen molar-refractivity contribution >= 4 is 29.1 Å². The molecule has 0 aliphatic rings. The standard InChI is InChI=1S/C21H18Cl2FN5O2/c1-29(2)11-18-26-10-17(28-18)21(30)27-9-13-3-4-16(23)20(19(13)24)31-15-6-12(8-25)5-14(22)7-15/h3-7,10H,9,11H2,1-2H3,(H,26,28)(H,27,30). The lowest BCUT2D eigenvalue weighted by atomic mass is 10.2. The lowest BCUT2D eigenvalue weighted by Gasteiger charge is -2.13. The van der Waals surface area contributed by atoms with Gasteiger partial charge in [0.15, 0.2) is 11.6 Å². The Bertz CT molecular complexity index is 1160. The third kappa shape index (κ3) is 5.73. The summed E-state index contributed by atoms with van der Waals surface area (Å²) in [6, 6.07) is 9.17. The first-order chi connectivity index (χ1) is 14.8. The van der Waals surface area contributed by atoms with Gasteiger partial charge in [-0.05, 0) is 38.4 Å². The summed E-state index contributed by atoms with van der Waals surface area (Å²) < 4.78 is 20.6. The first-order valence-electron chi connectivity index (χ1n) is 9.09. The van der Waals surface area contributed by atoms with Crippen LogP contribution in [0.1, 0.15) is 27.4 Å². The van der Waals surface area contributed by atoms with Crippen molar-refractivity contribution in [3.8, 4) is 17.6 Å². The summed E-state index contributed by atoms with van der Waals surface area (Å²) in [7, 11) is 3.77. The number of rotatable bonds is 7. The van der Waals surface area contributed by atoms with Crippen molar-refractivity contribution in [2.75, 3.05) is 14.1 Å². The van der Waals surface area contributed by atoms with E-state index in [-0.39, 0.29) is 44.9 Å². The van der Waals surface area contributed by atoms with E-state index in [4.69, 9.17) is 33.2 Å². The van der Waals surface area contributed by atoms with E-state index in [0.717, 1.165) is 0 Å². The number of hydrogen-bond acceptors (Lipinski definition) is 5. The molecule has 0 atom stereocenters. The first kappa shape index (κ1) is 22.6. The van der Waals surface area contributed by atoms with Gasteiger partial charge in [0.25, 0.3) is 5.91 Å². The fourth-order valence-corrected chi connectivity index (χ4v) is 3.15. The third-order valence-electron chi connectivity index (χ3n) is 4.13. The highest BCUT2D eigenvalue weighted by atomic mass is 35.5. The van der Waals surface area contributed by atoms with Gasteiger partial charge in [0.2, 0.25) is 0 Å². The molecule has 3 aromatic rings. The maximum Gasteiger partial charge on any atom is 0.269 e. The number of aromatic amines is 1. The predicted octanol–water partition coefficient (Wildman–Crippen LogP) is 4.51. The second-order valence-corrected chi connectivity index (χ2v) is 7.75. The highest BCUT2D eigenvalue weighted by Crippen LogP contribution is 2.35. The van der Waals surface area contributed by atoms with Crippen LogP contribution < -0.4 is 10.1 Å². The first-order valence-corrected chi connectivity index (χ1v) is 9.84. The van der Waals surface area contributed by atoms with E-state index in [2.05, 4.69) is 15.3 Å². The van der Waals surface area contributed by atoms with E-state index in [1.54, 1.807) is 0 Å². The Morgan fingerprint density at radius 3 is 2.81 bits per heavy atom. The summed E-state index contributed by atoms with van der Waals surface area (Å²) in [6.45, 7) is 0.454. The van der Waals surface area contributed by atoms with E-state index >= 15 is 4.39 Å². The van der Waals surface area contributed by atoms with Gasteiger partial charge in [-0.25, -0.2) is 9.37 Å². The zero-order valence-electron chi connectivity index (χ0n) is 16.7. The van der Waals surface area contributed by atoms with Crippen LogP contribution in [0.5, 0.6) is 11.5 Å². The fraction of sp³-hybridized carbons (Fsp3) is 0.190. The van der Waals surface area contributed by atoms with Crippen molar-refractivity contribution in [2.24, 2.45) is 0 Å². The number of benzene rings is 2. The predicted molar refractivity (Wildman–Crippen MR) is 115 cm³/mol. The van der Waals surface area contributed by atoms with Gasteiger partial charge >= 0.3 is 0 Å². The van der Waals surface area contributed by atoms with E-state index in [9.17, 15) is 4.79 Å². The molecule has 1 amide bonds. The molecule has 0 fully saturated rings. The van der Waals surface area contributed by atoms with Crippen LogP contribution in [0.4, 0.5) is 4.39 Å². The molecule has 31 heavy (non-hydrogen) atoms. The lowest BCUT2D eigenvalue weighted by Crippen LogP contribution is -2.24. The molecule has 2 N–H and O–H groups in total. The summed E-state index contributed by atoms with van der Waals surface area (Å²) in [6.07, 6.45) is 1.42. The molecule has 0 saturated heterocycles. The minimum Gasteiger partial charge on any atom is -0.453 e. The van der Waals surface area contributed by atoms with Crippen LogP contribution in [0.2, 0.25) is 10.0 Å². The second kappa shape index (κ2) is 9.79. The Labute approximate surface area is 188 Å². The summed E-state index contributed by atoms with van der Waals surface area (Å²) in [5, 5.41) is 12.0. The quantitative estimate of drug-likeness (QED) is 0.539. The fourth-order valence-electron chi connectivity index (χ4n) is 2.74. The molecule has 160 valence electrons. The molecule has 2 aromatic carbocycles. The molecule has 1 heterocycles. The normalized spacial score (nSPS) is 10.7. The summed E-state index contributed by atoms with van der Waals surface area (Å²) >= 11 is 12.1. The van der Waals surface area contributed by atoms with Crippen molar-refractivity contribution in [3.05, 3.63) is 75.0 Å². The van der Waals surface area contributed by atoms with Crippen LogP contribution in [0.3, 0.4) is 0 Å². The zero-order valence-corrected chi connectivity index (χ0v) is 18.2. The minimum absolute atomic E-state index is 0.0351. The molecule has 0 radical (unpaired) electrons. The van der Waals surface area contributed by atoms with E-state index < -0.39 is 11.7 Å². The molecule has 1 aromatic heterocycles. The Kier molecular flexibility index (Phi) is 7.13. The topological polar surface area (TPSA) is 94.0 Å². The number of nitrogens with zero attached hydrogens (tertiary/aromatic N) is 3. The Morgan fingerprint density at radius 2 is 2.10 bits per heavy atom. The Hall–Kier alpha value is -3.12. The highest BCUT2D eigenvalue weighted by Gasteiger charge is 2.17. The molecular formula is C21H18Cl2FN5O2. The van der Waals surface area contributed by atoms with Crippen LogP contribution >= 0.6 is 23.2 Å². The van der Waals surface area contributed by atoms with Crippen LogP contribution in [0, 0.1) is 17.1 Å². The average molecular weight is 462 g/mol. The van der Waals surface area contributed by atoms with E-state index in [1.165, 1.54) is 36.5 Å². The molecule has 7 nitrogen and oxygen atoms in total. The maximum absolute atomic E-state index is 15.0. The van der Waals surface area contributed by atoms with Crippen LogP contribution in [-0.4, -0.2) is 34.9 Å². The number of carbonyl (C=O) groups excluding carboxylic acids is 1. The summed E-state index contributed by atoms with van der Waals surface area (Å²) in [5.41, 5.74) is 0.699. The van der Waals surface area contributed by atoms with Gasteiger partial charge in [-0.3, -0.25) is 4.79 Å². The molecule has 0 aliphatic heterocycles. The van der Waals surface area contributed by atoms with Crippen LogP contribution in [-0.2, 0) is 13.1 Å². The van der Waals surface area contributed by atoms with Gasteiger partial charge in [-0.2, -0.15) is 5.26 Å². The van der Waals surface area contributed by atoms with E-state index in [0.29, 0.717) is 12.4 Å². The number of aromatic nitrogens is 2. The van der Waals surface area contributed by atoms with Gasteiger partial charge in [-0.15, -0.1) is 0 Å². The van der Waals surface area contributed by atoms with Crippen molar-refractivity contribution in [1.29, 1.82) is 5.26 Å². The summed E-state index contributed by atoms with van der Waals surface area (Å²) in [5.74, 6) is -0.583. The number of H-pyrrole nitrogens is 1. The van der Waals surface area contributed by atoms with Crippen molar-refractivity contribution in [3.63, 3.8) is 0 Å². The molecule has 0 saturated carbocycles. The molecule has 3 rings (SSSR count). The second-order valence-electron chi connectivity index (χ2n) is 6.90. The monoisotopic (exact) mass is 461 g/mol. The van der Waals surface area contributed by atoms with Crippen molar-refractivity contribution < 1.29 is 13.9 Å². The molecule has 0 aliphatic carbocycles. The number of imidazole rings is 1. The average Bonchev–Trinajstić information content (AvgIpc) is 3.17. The largest absolute Gasteiger partial charge is 0.453 e. The van der Waals surface area contributed by atoms with Gasteiger partial charge in [0.05, 0.1) is 29.4 Å². The minimum atomic E-state index is -0.732. The SMILES string of the molecule is CN(C)Cc1ncc(C(=O)NCc2ccc(Cl)c(Oc3cc(Cl)cc(C#N)c3)c2F)[nH]1. The van der Waals surface area contributed by atoms with Crippen molar-refractivity contribution in [1.82, 2.24) is 20.2 Å². The number of nitrogens with one attached hydrogen (secondary N) is 2. The summed E-state index contributed by atoms with van der Waals surface area (Å²) in [4.78, 5) is 21.3. The number of amides is 1. The number of halogens is 3. The molecular weight excluding hydrogens is 444 g/mol. The molecule has 0 bridgehead atoms. The molecule has 10 heteroatoms. The number of nitriles is 1. The van der Waals surface area contributed by atoms with Gasteiger partial charge < -0.3 is 19.9 Å². The van der Waals surface area contributed by atoms with Gasteiger partial charge in [-0.1, -0.05) is 29.3 Å². The van der Waals surface area contributed by atoms with E-state index in [1.807, 2.05) is 25.1 Å². The smallest absolute Gasteiger partial charge is 0.269 e. The van der Waals surface area contributed by atoms with Crippen molar-refractivity contribution in [2.45, 2.75) is 13.1 Å². The molecule has 0 spiro atoms. The van der Waals surface area contributed by atoms with Gasteiger partial charge in [0.1, 0.15) is 17.3 Å². The molecule has 0 unspecified atom stereocenters. The zero-order chi connectivity index (χ0) is 22.5.